The predicted octanol–water partition coefficient (Wildman–Crippen LogP) is 3.65. The van der Waals surface area contributed by atoms with Gasteiger partial charge in [0.2, 0.25) is 0 Å². The number of hydrogen-bond acceptors (Lipinski definition) is 4. The molecule has 4 nitrogen and oxygen atoms in total. The van der Waals surface area contributed by atoms with Gasteiger partial charge in [-0.25, -0.2) is 0 Å². The molecule has 1 saturated heterocycles. The number of benzene rings is 2. The second-order valence-corrected chi connectivity index (χ2v) is 7.30. The average molecular weight is 354 g/mol. The first-order valence-electron chi connectivity index (χ1n) is 9.51. The van der Waals surface area contributed by atoms with Gasteiger partial charge in [0, 0.05) is 50.0 Å². The van der Waals surface area contributed by atoms with Crippen LogP contribution in [-0.4, -0.2) is 39.2 Å². The maximum absolute atomic E-state index is 5.65. The van der Waals surface area contributed by atoms with E-state index in [0.717, 1.165) is 38.5 Å². The highest BCUT2D eigenvalue weighted by Gasteiger charge is 2.14. The number of anilines is 1. The quantitative estimate of drug-likeness (QED) is 0.784. The van der Waals surface area contributed by atoms with Crippen LogP contribution in [-0.2, 0) is 19.6 Å². The van der Waals surface area contributed by atoms with E-state index in [2.05, 4.69) is 71.7 Å². The molecule has 1 aliphatic rings. The minimum absolute atomic E-state index is 0.805. The Kier molecular flexibility index (Phi) is 6.53. The first-order valence-corrected chi connectivity index (χ1v) is 9.51. The van der Waals surface area contributed by atoms with Gasteiger partial charge in [0.1, 0.15) is 5.75 Å². The Balaban J connectivity index is 1.63. The molecule has 26 heavy (non-hydrogen) atoms. The monoisotopic (exact) mass is 353 g/mol. The number of nitrogens with one attached hydrogen (secondary N) is 1. The summed E-state index contributed by atoms with van der Waals surface area (Å²) in [6.45, 7) is 4.94. The predicted molar refractivity (Wildman–Crippen MR) is 109 cm³/mol. The lowest BCUT2D eigenvalue weighted by Crippen LogP contribution is -2.19. The third-order valence-electron chi connectivity index (χ3n) is 4.98. The van der Waals surface area contributed by atoms with Gasteiger partial charge in [-0.1, -0.05) is 30.3 Å². The van der Waals surface area contributed by atoms with Crippen LogP contribution in [0.1, 0.15) is 29.5 Å². The Hall–Kier alpha value is -2.04. The molecule has 1 fully saturated rings. The third-order valence-corrected chi connectivity index (χ3v) is 4.98. The fourth-order valence-electron chi connectivity index (χ4n) is 3.61. The molecular weight excluding hydrogens is 322 g/mol. The van der Waals surface area contributed by atoms with Gasteiger partial charge in [0.15, 0.2) is 0 Å². The molecule has 0 unspecified atom stereocenters. The molecule has 0 bridgehead atoms. The Morgan fingerprint density at radius 1 is 0.962 bits per heavy atom. The largest absolute Gasteiger partial charge is 0.496 e. The standard InChI is InChI=1S/C22H31N3O/c1-24(2)17-20-9-5-4-8-18(20)15-23-16-19-10-11-21(14-22(19)26-3)25-12-6-7-13-25/h4-5,8-11,14,23H,6-7,12-13,15-17H2,1-3H3. The molecule has 140 valence electrons. The molecule has 4 heteroatoms. The molecule has 1 aliphatic heterocycles. The number of rotatable bonds is 8. The zero-order chi connectivity index (χ0) is 18.4. The molecule has 0 radical (unpaired) electrons. The van der Waals surface area contributed by atoms with Gasteiger partial charge in [0.25, 0.3) is 0 Å². The Morgan fingerprint density at radius 3 is 2.35 bits per heavy atom. The molecule has 0 amide bonds. The van der Waals surface area contributed by atoms with Gasteiger partial charge >= 0.3 is 0 Å². The highest BCUT2D eigenvalue weighted by molar-refractivity contribution is 5.54. The summed E-state index contributed by atoms with van der Waals surface area (Å²) in [5, 5.41) is 3.58. The van der Waals surface area contributed by atoms with E-state index >= 15 is 0 Å². The minimum Gasteiger partial charge on any atom is -0.496 e. The van der Waals surface area contributed by atoms with Crippen molar-refractivity contribution in [3.05, 3.63) is 59.2 Å². The van der Waals surface area contributed by atoms with E-state index in [1.54, 1.807) is 7.11 Å². The summed E-state index contributed by atoms with van der Waals surface area (Å²) in [4.78, 5) is 4.65. The number of methoxy groups -OCH3 is 1. The highest BCUT2D eigenvalue weighted by atomic mass is 16.5. The second-order valence-electron chi connectivity index (χ2n) is 7.30. The van der Waals surface area contributed by atoms with Crippen molar-refractivity contribution in [2.75, 3.05) is 39.2 Å². The summed E-state index contributed by atoms with van der Waals surface area (Å²) in [5.74, 6) is 0.975. The summed E-state index contributed by atoms with van der Waals surface area (Å²) < 4.78 is 5.65. The second kappa shape index (κ2) is 9.06. The molecule has 1 N–H and O–H groups in total. The van der Waals surface area contributed by atoms with Crippen LogP contribution in [0.25, 0.3) is 0 Å². The molecule has 3 rings (SSSR count). The van der Waals surface area contributed by atoms with Gasteiger partial charge in [-0.05, 0) is 44.1 Å². The highest BCUT2D eigenvalue weighted by Crippen LogP contribution is 2.28. The number of nitrogens with zero attached hydrogens (tertiary/aromatic N) is 2. The van der Waals surface area contributed by atoms with E-state index < -0.39 is 0 Å². The lowest BCUT2D eigenvalue weighted by molar-refractivity contribution is 0.399. The number of hydrogen-bond donors (Lipinski definition) is 1. The molecule has 2 aromatic rings. The molecule has 0 saturated carbocycles. The maximum atomic E-state index is 5.65. The average Bonchev–Trinajstić information content (AvgIpc) is 3.17. The first kappa shape index (κ1) is 18.7. The van der Waals surface area contributed by atoms with Crippen LogP contribution in [0.15, 0.2) is 42.5 Å². The van der Waals surface area contributed by atoms with Crippen LogP contribution in [0, 0.1) is 0 Å². The molecule has 0 aromatic heterocycles. The molecular formula is C22H31N3O. The van der Waals surface area contributed by atoms with Gasteiger partial charge in [-0.15, -0.1) is 0 Å². The van der Waals surface area contributed by atoms with Crippen molar-refractivity contribution in [1.82, 2.24) is 10.2 Å². The van der Waals surface area contributed by atoms with Gasteiger partial charge in [-0.3, -0.25) is 0 Å². The van der Waals surface area contributed by atoms with Crippen LogP contribution < -0.4 is 15.0 Å². The SMILES string of the molecule is COc1cc(N2CCCC2)ccc1CNCc1ccccc1CN(C)C. The first-order chi connectivity index (χ1) is 12.7. The molecule has 1 heterocycles. The van der Waals surface area contributed by atoms with Gasteiger partial charge in [-0.2, -0.15) is 0 Å². The summed E-state index contributed by atoms with van der Waals surface area (Å²) >= 11 is 0. The zero-order valence-corrected chi connectivity index (χ0v) is 16.3. The zero-order valence-electron chi connectivity index (χ0n) is 16.3. The minimum atomic E-state index is 0.805. The van der Waals surface area contributed by atoms with Gasteiger partial charge in [0.05, 0.1) is 7.11 Å². The van der Waals surface area contributed by atoms with E-state index in [1.807, 2.05) is 0 Å². The Labute approximate surface area is 157 Å². The molecule has 0 atom stereocenters. The van der Waals surface area contributed by atoms with Crippen molar-refractivity contribution < 1.29 is 4.74 Å². The fraction of sp³-hybridized carbons (Fsp3) is 0.455. The fourth-order valence-corrected chi connectivity index (χ4v) is 3.61. The molecule has 2 aromatic carbocycles. The lowest BCUT2D eigenvalue weighted by atomic mass is 10.1. The van der Waals surface area contributed by atoms with E-state index in [1.165, 1.54) is 35.2 Å². The summed E-state index contributed by atoms with van der Waals surface area (Å²) in [7, 11) is 5.98. The number of ether oxygens (including phenoxy) is 1. The molecule has 0 aliphatic carbocycles. The van der Waals surface area contributed by atoms with Crippen LogP contribution in [0.2, 0.25) is 0 Å². The van der Waals surface area contributed by atoms with Crippen molar-refractivity contribution in [2.24, 2.45) is 0 Å². The van der Waals surface area contributed by atoms with Crippen molar-refractivity contribution >= 4 is 5.69 Å². The Morgan fingerprint density at radius 2 is 1.65 bits per heavy atom. The third kappa shape index (κ3) is 4.77. The van der Waals surface area contributed by atoms with Gasteiger partial charge < -0.3 is 19.9 Å². The summed E-state index contributed by atoms with van der Waals surface area (Å²) in [6.07, 6.45) is 2.58. The van der Waals surface area contributed by atoms with Crippen molar-refractivity contribution in [2.45, 2.75) is 32.5 Å². The van der Waals surface area contributed by atoms with Crippen molar-refractivity contribution in [1.29, 1.82) is 0 Å². The maximum Gasteiger partial charge on any atom is 0.125 e. The van der Waals surface area contributed by atoms with Crippen LogP contribution in [0.3, 0.4) is 0 Å². The van der Waals surface area contributed by atoms with Crippen LogP contribution >= 0.6 is 0 Å². The summed E-state index contributed by atoms with van der Waals surface area (Å²) in [6, 6.07) is 15.3. The topological polar surface area (TPSA) is 27.7 Å². The van der Waals surface area contributed by atoms with Crippen molar-refractivity contribution in [3.8, 4) is 5.75 Å². The van der Waals surface area contributed by atoms with Crippen LogP contribution in [0.5, 0.6) is 5.75 Å². The van der Waals surface area contributed by atoms with Crippen LogP contribution in [0.4, 0.5) is 5.69 Å². The summed E-state index contributed by atoms with van der Waals surface area (Å²) in [5.41, 5.74) is 5.22. The lowest BCUT2D eigenvalue weighted by Gasteiger charge is -2.20. The normalized spacial score (nSPS) is 14.2. The van der Waals surface area contributed by atoms with Crippen molar-refractivity contribution in [3.63, 3.8) is 0 Å². The smallest absolute Gasteiger partial charge is 0.125 e. The van der Waals surface area contributed by atoms with E-state index in [4.69, 9.17) is 4.74 Å². The van der Waals surface area contributed by atoms with E-state index in [-0.39, 0.29) is 0 Å². The Bertz CT molecular complexity index is 708. The molecule has 0 spiro atoms. The van der Waals surface area contributed by atoms with E-state index in [9.17, 15) is 0 Å². The van der Waals surface area contributed by atoms with E-state index in [0.29, 0.717) is 0 Å².